The van der Waals surface area contributed by atoms with Gasteiger partial charge in [0, 0.05) is 17.7 Å². The minimum Gasteiger partial charge on any atom is -1.00 e. The van der Waals surface area contributed by atoms with Gasteiger partial charge in [0.15, 0.2) is 12.7 Å². The SMILES string of the molecule is COc1ccc2c(ccc[n+]2Cc2ccccc2)c1.[I-]. The minimum atomic E-state index is 0. The number of pyridine rings is 1. The summed E-state index contributed by atoms with van der Waals surface area (Å²) in [4.78, 5) is 0. The normalized spacial score (nSPS) is 10.1. The Morgan fingerprint density at radius 2 is 1.75 bits per heavy atom. The third-order valence-electron chi connectivity index (χ3n) is 3.28. The summed E-state index contributed by atoms with van der Waals surface area (Å²) in [5.74, 6) is 0.893. The van der Waals surface area contributed by atoms with E-state index in [1.54, 1.807) is 7.11 Å². The zero-order valence-electron chi connectivity index (χ0n) is 11.3. The summed E-state index contributed by atoms with van der Waals surface area (Å²) >= 11 is 0. The highest BCUT2D eigenvalue weighted by Gasteiger charge is 2.09. The lowest BCUT2D eigenvalue weighted by molar-refractivity contribution is -0.662. The molecule has 1 aromatic heterocycles. The van der Waals surface area contributed by atoms with Crippen LogP contribution in [0.15, 0.2) is 66.9 Å². The molecule has 0 bridgehead atoms. The number of hydrogen-bond acceptors (Lipinski definition) is 1. The van der Waals surface area contributed by atoms with E-state index in [1.807, 2.05) is 12.1 Å². The molecule has 0 aliphatic rings. The Morgan fingerprint density at radius 3 is 2.50 bits per heavy atom. The molecule has 0 saturated carbocycles. The summed E-state index contributed by atoms with van der Waals surface area (Å²) in [6.45, 7) is 0.879. The molecular weight excluding hydrogens is 361 g/mol. The van der Waals surface area contributed by atoms with E-state index < -0.39 is 0 Å². The largest absolute Gasteiger partial charge is 1.00 e. The zero-order valence-corrected chi connectivity index (χ0v) is 13.4. The van der Waals surface area contributed by atoms with Crippen LogP contribution in [0.5, 0.6) is 5.75 Å². The first-order valence-corrected chi connectivity index (χ1v) is 6.37. The number of aromatic nitrogens is 1. The van der Waals surface area contributed by atoms with E-state index in [-0.39, 0.29) is 24.0 Å². The van der Waals surface area contributed by atoms with Crippen molar-refractivity contribution >= 4 is 10.9 Å². The summed E-state index contributed by atoms with van der Waals surface area (Å²) in [6.07, 6.45) is 2.11. The van der Waals surface area contributed by atoms with Crippen LogP contribution in [-0.4, -0.2) is 7.11 Å². The highest BCUT2D eigenvalue weighted by molar-refractivity contribution is 5.77. The topological polar surface area (TPSA) is 13.1 Å². The summed E-state index contributed by atoms with van der Waals surface area (Å²) in [6, 6.07) is 20.8. The minimum absolute atomic E-state index is 0. The summed E-state index contributed by atoms with van der Waals surface area (Å²) < 4.78 is 7.53. The second-order valence-electron chi connectivity index (χ2n) is 4.55. The molecule has 0 amide bonds. The van der Waals surface area contributed by atoms with Gasteiger partial charge in [-0.15, -0.1) is 0 Å². The van der Waals surface area contributed by atoms with Gasteiger partial charge >= 0.3 is 0 Å². The monoisotopic (exact) mass is 377 g/mol. The van der Waals surface area contributed by atoms with Gasteiger partial charge in [0.1, 0.15) is 5.75 Å². The lowest BCUT2D eigenvalue weighted by Gasteiger charge is -2.03. The van der Waals surface area contributed by atoms with Gasteiger partial charge in [-0.3, -0.25) is 0 Å². The van der Waals surface area contributed by atoms with Gasteiger partial charge in [-0.2, -0.15) is 4.57 Å². The predicted molar refractivity (Wildman–Crippen MR) is 76.2 cm³/mol. The van der Waals surface area contributed by atoms with Crippen LogP contribution in [0.1, 0.15) is 5.56 Å². The van der Waals surface area contributed by atoms with Crippen molar-refractivity contribution in [1.29, 1.82) is 0 Å². The molecular formula is C17H16INO. The maximum atomic E-state index is 5.27. The van der Waals surface area contributed by atoms with Gasteiger partial charge in [0.25, 0.3) is 0 Å². The van der Waals surface area contributed by atoms with E-state index in [0.717, 1.165) is 12.3 Å². The Bertz CT molecular complexity index is 698. The number of methoxy groups -OCH3 is 1. The molecule has 0 atom stereocenters. The maximum Gasteiger partial charge on any atom is 0.213 e. The molecule has 0 aliphatic heterocycles. The Kier molecular flexibility index (Phi) is 4.95. The first-order valence-electron chi connectivity index (χ1n) is 6.37. The van der Waals surface area contributed by atoms with Crippen LogP contribution in [0.4, 0.5) is 0 Å². The molecule has 0 spiro atoms. The smallest absolute Gasteiger partial charge is 0.213 e. The summed E-state index contributed by atoms with van der Waals surface area (Å²) in [7, 11) is 1.70. The molecule has 0 unspecified atom stereocenters. The first-order chi connectivity index (χ1) is 9.36. The van der Waals surface area contributed by atoms with E-state index >= 15 is 0 Å². The number of rotatable bonds is 3. The average molecular weight is 377 g/mol. The van der Waals surface area contributed by atoms with Crippen molar-refractivity contribution < 1.29 is 33.3 Å². The Hall–Kier alpha value is -1.62. The highest BCUT2D eigenvalue weighted by Crippen LogP contribution is 2.17. The van der Waals surface area contributed by atoms with Crippen LogP contribution >= 0.6 is 0 Å². The van der Waals surface area contributed by atoms with Crippen molar-refractivity contribution in [3.63, 3.8) is 0 Å². The average Bonchev–Trinajstić information content (AvgIpc) is 2.48. The second kappa shape index (κ2) is 6.70. The lowest BCUT2D eigenvalue weighted by Crippen LogP contribution is -3.00. The summed E-state index contributed by atoms with van der Waals surface area (Å²) in [5.41, 5.74) is 2.52. The molecule has 2 aromatic carbocycles. The highest BCUT2D eigenvalue weighted by atomic mass is 127. The third kappa shape index (κ3) is 3.10. The van der Waals surface area contributed by atoms with Crippen molar-refractivity contribution in [1.82, 2.24) is 0 Å². The molecule has 0 fully saturated rings. The standard InChI is InChI=1S/C17H16NO.HI/c1-19-16-9-10-17-15(12-16)8-5-11-18(17)13-14-6-3-2-4-7-14;/h2-12H,13H2,1H3;1H/q+1;/p-1. The molecule has 3 rings (SSSR count). The Labute approximate surface area is 136 Å². The zero-order chi connectivity index (χ0) is 13.1. The quantitative estimate of drug-likeness (QED) is 0.469. The van der Waals surface area contributed by atoms with Crippen LogP contribution in [0, 0.1) is 0 Å². The number of halogens is 1. The fourth-order valence-electron chi connectivity index (χ4n) is 2.30. The van der Waals surface area contributed by atoms with Crippen molar-refractivity contribution in [2.24, 2.45) is 0 Å². The maximum absolute atomic E-state index is 5.27. The Morgan fingerprint density at radius 1 is 0.950 bits per heavy atom. The lowest BCUT2D eigenvalue weighted by atomic mass is 10.1. The number of nitrogens with zero attached hydrogens (tertiary/aromatic N) is 1. The van der Waals surface area contributed by atoms with Gasteiger partial charge in [0.2, 0.25) is 5.52 Å². The van der Waals surface area contributed by atoms with Crippen molar-refractivity contribution in [3.05, 3.63) is 72.4 Å². The van der Waals surface area contributed by atoms with Gasteiger partial charge in [-0.1, -0.05) is 30.3 Å². The molecule has 1 heterocycles. The van der Waals surface area contributed by atoms with E-state index in [0.29, 0.717) is 0 Å². The molecule has 0 saturated heterocycles. The van der Waals surface area contributed by atoms with Gasteiger partial charge < -0.3 is 28.7 Å². The van der Waals surface area contributed by atoms with E-state index in [9.17, 15) is 0 Å². The predicted octanol–water partition coefficient (Wildman–Crippen LogP) is 0.188. The Balaban J connectivity index is 0.00000147. The van der Waals surface area contributed by atoms with Crippen LogP contribution < -0.4 is 33.3 Å². The number of ether oxygens (including phenoxy) is 1. The van der Waals surface area contributed by atoms with Gasteiger partial charge in [-0.05, 0) is 18.2 Å². The molecule has 0 N–H and O–H groups in total. The van der Waals surface area contributed by atoms with E-state index in [4.69, 9.17) is 4.74 Å². The van der Waals surface area contributed by atoms with Crippen molar-refractivity contribution in [3.8, 4) is 5.75 Å². The molecule has 20 heavy (non-hydrogen) atoms. The second-order valence-corrected chi connectivity index (χ2v) is 4.55. The third-order valence-corrected chi connectivity index (χ3v) is 3.28. The van der Waals surface area contributed by atoms with E-state index in [1.165, 1.54) is 16.5 Å². The van der Waals surface area contributed by atoms with Gasteiger partial charge in [-0.25, -0.2) is 0 Å². The number of hydrogen-bond donors (Lipinski definition) is 0. The van der Waals surface area contributed by atoms with Crippen LogP contribution in [0.2, 0.25) is 0 Å². The van der Waals surface area contributed by atoms with Crippen molar-refractivity contribution in [2.45, 2.75) is 6.54 Å². The molecule has 3 aromatic rings. The number of fused-ring (bicyclic) bond motifs is 1. The fourth-order valence-corrected chi connectivity index (χ4v) is 2.30. The van der Waals surface area contributed by atoms with Crippen LogP contribution in [-0.2, 0) is 6.54 Å². The molecule has 102 valence electrons. The fraction of sp³-hybridized carbons (Fsp3) is 0.118. The van der Waals surface area contributed by atoms with Crippen LogP contribution in [0.25, 0.3) is 10.9 Å². The van der Waals surface area contributed by atoms with Crippen molar-refractivity contribution in [2.75, 3.05) is 7.11 Å². The number of benzene rings is 2. The first kappa shape index (κ1) is 14.8. The molecule has 0 aliphatic carbocycles. The van der Waals surface area contributed by atoms with Crippen LogP contribution in [0.3, 0.4) is 0 Å². The summed E-state index contributed by atoms with van der Waals surface area (Å²) in [5, 5.41) is 1.19. The molecule has 2 nitrogen and oxygen atoms in total. The molecule has 0 radical (unpaired) electrons. The van der Waals surface area contributed by atoms with E-state index in [2.05, 4.69) is 59.3 Å². The van der Waals surface area contributed by atoms with Gasteiger partial charge in [0.05, 0.1) is 12.5 Å². The molecule has 3 heteroatoms.